The van der Waals surface area contributed by atoms with Gasteiger partial charge in [0.2, 0.25) is 0 Å². The number of hydrogen-bond acceptors (Lipinski definition) is 7. The van der Waals surface area contributed by atoms with E-state index in [-0.39, 0.29) is 28.7 Å². The van der Waals surface area contributed by atoms with E-state index in [1.807, 2.05) is 0 Å². The number of ether oxygens (including phenoxy) is 1. The molecule has 2 aromatic heterocycles. The number of esters is 1. The third-order valence-electron chi connectivity index (χ3n) is 5.29. The predicted molar refractivity (Wildman–Crippen MR) is 133 cm³/mol. The highest BCUT2D eigenvalue weighted by atomic mass is 35.5. The number of thiophene rings is 1. The number of fused-ring (bicyclic) bond motifs is 1. The van der Waals surface area contributed by atoms with Gasteiger partial charge in [0.1, 0.15) is 16.8 Å². The summed E-state index contributed by atoms with van der Waals surface area (Å²) in [4.78, 5) is 30.1. The van der Waals surface area contributed by atoms with Crippen molar-refractivity contribution in [2.75, 3.05) is 13.2 Å². The highest BCUT2D eigenvalue weighted by Gasteiger charge is 2.38. The molecule has 4 rings (SSSR count). The average Bonchev–Trinajstić information content (AvgIpc) is 3.37. The minimum absolute atomic E-state index is 0.0890. The number of benzene rings is 1. The van der Waals surface area contributed by atoms with Crippen molar-refractivity contribution >= 4 is 78.0 Å². The van der Waals surface area contributed by atoms with Gasteiger partial charge in [-0.1, -0.05) is 41.0 Å². The Morgan fingerprint density at radius 2 is 1.97 bits per heavy atom. The number of hydrogen-bond donors (Lipinski definition) is 0. The molecule has 0 N–H and O–H groups in total. The lowest BCUT2D eigenvalue weighted by Gasteiger charge is -2.31. The highest BCUT2D eigenvalue weighted by Crippen LogP contribution is 2.32. The van der Waals surface area contributed by atoms with E-state index in [4.69, 9.17) is 27.9 Å². The fourth-order valence-electron chi connectivity index (χ4n) is 3.78. The molecule has 1 aliphatic heterocycles. The minimum atomic E-state index is -3.90. The Morgan fingerprint density at radius 1 is 1.18 bits per heavy atom. The van der Waals surface area contributed by atoms with Crippen molar-refractivity contribution in [1.29, 1.82) is 0 Å². The lowest BCUT2D eigenvalue weighted by atomic mass is 10.0. The molecule has 1 fully saturated rings. The number of thiazole rings is 1. The summed E-state index contributed by atoms with van der Waals surface area (Å²) < 4.78 is 35.5. The van der Waals surface area contributed by atoms with E-state index in [0.29, 0.717) is 34.1 Å². The molecule has 1 amide bonds. The van der Waals surface area contributed by atoms with Gasteiger partial charge in [-0.2, -0.15) is 9.30 Å². The van der Waals surface area contributed by atoms with Crippen molar-refractivity contribution in [3.05, 3.63) is 44.5 Å². The quantitative estimate of drug-likeness (QED) is 0.418. The van der Waals surface area contributed by atoms with Crippen molar-refractivity contribution in [3.63, 3.8) is 0 Å². The van der Waals surface area contributed by atoms with Crippen molar-refractivity contribution in [3.8, 4) is 0 Å². The Labute approximate surface area is 214 Å². The molecule has 1 atom stereocenters. The van der Waals surface area contributed by atoms with E-state index < -0.39 is 27.9 Å². The number of carbonyl (C=O) groups excluding carboxylic acids is 2. The Balaban J connectivity index is 1.74. The molecule has 13 heteroatoms. The Hall–Kier alpha value is -1.76. The standard InChI is InChI=1S/C21H21Cl2N3O5S3/c1-2-31-18(27)12-25-14-7-6-13(22)11-16(14)32-21(25)24-20(28)15-5-3-4-10-26(15)34(29,30)19-9-8-17(23)33-19/h6-9,11,15H,2-5,10,12H2,1H3. The molecule has 3 heterocycles. The number of piperidine rings is 1. The van der Waals surface area contributed by atoms with Gasteiger partial charge in [0.15, 0.2) is 4.80 Å². The molecule has 182 valence electrons. The van der Waals surface area contributed by atoms with Crippen molar-refractivity contribution in [2.24, 2.45) is 4.99 Å². The van der Waals surface area contributed by atoms with Gasteiger partial charge in [-0.25, -0.2) is 8.42 Å². The van der Waals surface area contributed by atoms with Crippen molar-refractivity contribution < 1.29 is 22.7 Å². The van der Waals surface area contributed by atoms with Crippen LogP contribution in [0.3, 0.4) is 0 Å². The maximum absolute atomic E-state index is 13.3. The first kappa shape index (κ1) is 25.3. The number of rotatable bonds is 6. The number of amides is 1. The van der Waals surface area contributed by atoms with Crippen molar-refractivity contribution in [2.45, 2.75) is 43.0 Å². The van der Waals surface area contributed by atoms with E-state index in [9.17, 15) is 18.0 Å². The lowest BCUT2D eigenvalue weighted by Crippen LogP contribution is -2.47. The highest BCUT2D eigenvalue weighted by molar-refractivity contribution is 7.91. The van der Waals surface area contributed by atoms with Gasteiger partial charge in [0.25, 0.3) is 15.9 Å². The molecule has 1 aliphatic rings. The normalized spacial score (nSPS) is 17.9. The molecule has 1 saturated heterocycles. The summed E-state index contributed by atoms with van der Waals surface area (Å²) >= 11 is 14.2. The number of nitrogens with zero attached hydrogens (tertiary/aromatic N) is 3. The summed E-state index contributed by atoms with van der Waals surface area (Å²) in [6, 6.07) is 7.18. The molecular weight excluding hydrogens is 541 g/mol. The van der Waals surface area contributed by atoms with Crippen LogP contribution in [0.2, 0.25) is 9.36 Å². The maximum Gasteiger partial charge on any atom is 0.326 e. The van der Waals surface area contributed by atoms with Gasteiger partial charge >= 0.3 is 5.97 Å². The zero-order chi connectivity index (χ0) is 24.5. The second-order valence-electron chi connectivity index (χ2n) is 7.52. The fraction of sp³-hybridized carbons (Fsp3) is 0.381. The molecule has 0 spiro atoms. The molecule has 1 unspecified atom stereocenters. The number of aromatic nitrogens is 1. The average molecular weight is 563 g/mol. The molecule has 8 nitrogen and oxygen atoms in total. The molecule has 1 aromatic carbocycles. The van der Waals surface area contributed by atoms with E-state index in [1.54, 1.807) is 29.7 Å². The molecule has 0 aliphatic carbocycles. The van der Waals surface area contributed by atoms with Crippen LogP contribution in [-0.2, 0) is 30.9 Å². The fourth-order valence-corrected chi connectivity index (χ4v) is 8.35. The first-order valence-electron chi connectivity index (χ1n) is 10.5. The monoisotopic (exact) mass is 561 g/mol. The molecule has 0 radical (unpaired) electrons. The Kier molecular flexibility index (Phi) is 7.80. The largest absolute Gasteiger partial charge is 0.465 e. The minimum Gasteiger partial charge on any atom is -0.465 e. The van der Waals surface area contributed by atoms with E-state index in [2.05, 4.69) is 4.99 Å². The maximum atomic E-state index is 13.3. The first-order chi connectivity index (χ1) is 16.2. The molecule has 0 saturated carbocycles. The zero-order valence-electron chi connectivity index (χ0n) is 18.1. The lowest BCUT2D eigenvalue weighted by molar-refractivity contribution is -0.143. The molecule has 3 aromatic rings. The van der Waals surface area contributed by atoms with Crippen LogP contribution in [0.5, 0.6) is 0 Å². The van der Waals surface area contributed by atoms with Gasteiger partial charge < -0.3 is 9.30 Å². The topological polar surface area (TPSA) is 98.0 Å². The van der Waals surface area contributed by atoms with Crippen LogP contribution in [-0.4, -0.2) is 48.4 Å². The van der Waals surface area contributed by atoms with E-state index in [1.165, 1.54) is 27.8 Å². The van der Waals surface area contributed by atoms with Gasteiger partial charge in [-0.05, 0) is 50.1 Å². The van der Waals surface area contributed by atoms with Crippen LogP contribution >= 0.6 is 45.9 Å². The van der Waals surface area contributed by atoms with Crippen LogP contribution in [0.25, 0.3) is 10.2 Å². The Bertz CT molecular complexity index is 1410. The molecule has 0 bridgehead atoms. The summed E-state index contributed by atoms with van der Waals surface area (Å²) in [7, 11) is -3.90. The van der Waals surface area contributed by atoms with E-state index >= 15 is 0 Å². The van der Waals surface area contributed by atoms with Gasteiger partial charge in [-0.3, -0.25) is 9.59 Å². The number of halogens is 2. The number of sulfonamides is 1. The summed E-state index contributed by atoms with van der Waals surface area (Å²) in [6.07, 6.45) is 1.70. The summed E-state index contributed by atoms with van der Waals surface area (Å²) in [5.41, 5.74) is 0.676. The summed E-state index contributed by atoms with van der Waals surface area (Å²) in [6.45, 7) is 2.01. The smallest absolute Gasteiger partial charge is 0.326 e. The van der Waals surface area contributed by atoms with Crippen LogP contribution in [0, 0.1) is 0 Å². The first-order valence-corrected chi connectivity index (χ1v) is 14.3. The third kappa shape index (κ3) is 5.24. The van der Waals surface area contributed by atoms with Crippen molar-refractivity contribution in [1.82, 2.24) is 8.87 Å². The van der Waals surface area contributed by atoms with Crippen LogP contribution in [0.15, 0.2) is 39.5 Å². The number of carbonyl (C=O) groups is 2. The summed E-state index contributed by atoms with van der Waals surface area (Å²) in [5.74, 6) is -1.05. The van der Waals surface area contributed by atoms with Crippen LogP contribution in [0.1, 0.15) is 26.2 Å². The predicted octanol–water partition coefficient (Wildman–Crippen LogP) is 4.30. The SMILES string of the molecule is CCOC(=O)Cn1c(=NC(=O)C2CCCCN2S(=O)(=O)c2ccc(Cl)s2)sc2cc(Cl)ccc21. The van der Waals surface area contributed by atoms with Gasteiger partial charge in [0.05, 0.1) is 21.2 Å². The molecular formula is C21H21Cl2N3O5S3. The van der Waals surface area contributed by atoms with E-state index in [0.717, 1.165) is 16.0 Å². The van der Waals surface area contributed by atoms with Crippen LogP contribution < -0.4 is 4.80 Å². The molecule has 34 heavy (non-hydrogen) atoms. The third-order valence-corrected chi connectivity index (χ3v) is 10.2. The Morgan fingerprint density at radius 3 is 2.68 bits per heavy atom. The van der Waals surface area contributed by atoms with Gasteiger partial charge in [-0.15, -0.1) is 11.3 Å². The second-order valence-corrected chi connectivity index (χ2v) is 12.8. The summed E-state index contributed by atoms with van der Waals surface area (Å²) in [5, 5.41) is 0.508. The second kappa shape index (κ2) is 10.5. The zero-order valence-corrected chi connectivity index (χ0v) is 22.0. The van der Waals surface area contributed by atoms with Gasteiger partial charge in [0, 0.05) is 11.6 Å². The van der Waals surface area contributed by atoms with Crippen LogP contribution in [0.4, 0.5) is 0 Å².